The van der Waals surface area contributed by atoms with Crippen LogP contribution in [-0.4, -0.2) is 132 Å². The lowest BCUT2D eigenvalue weighted by molar-refractivity contribution is -0.287. The van der Waals surface area contributed by atoms with Crippen molar-refractivity contribution >= 4 is 11.9 Å². The molecule has 0 aromatic rings. The van der Waals surface area contributed by atoms with Gasteiger partial charge in [-0.2, -0.15) is 0 Å². The van der Waals surface area contributed by atoms with E-state index in [4.69, 9.17) is 14.2 Å². The van der Waals surface area contributed by atoms with Crippen molar-refractivity contribution < 1.29 is 69.8 Å². The van der Waals surface area contributed by atoms with E-state index in [9.17, 15) is 55.5 Å². The Bertz CT molecular complexity index is 584. The van der Waals surface area contributed by atoms with Crippen molar-refractivity contribution in [1.82, 2.24) is 0 Å². The molecule has 0 spiro atoms. The Hall–Kier alpha value is -1.46. The monoisotopic (exact) mass is 442 g/mol. The van der Waals surface area contributed by atoms with Gasteiger partial charge in [-0.05, 0) is 0 Å². The molecule has 2 rings (SSSR count). The quantitative estimate of drug-likeness (QED) is 0.174. The van der Waals surface area contributed by atoms with E-state index in [1.165, 1.54) is 0 Å². The Kier molecular flexibility index (Phi) is 8.46. The summed E-state index contributed by atoms with van der Waals surface area (Å²) in [7, 11) is 0. The highest BCUT2D eigenvalue weighted by Crippen LogP contribution is 2.24. The molecule has 30 heavy (non-hydrogen) atoms. The van der Waals surface area contributed by atoms with E-state index in [2.05, 4.69) is 0 Å². The topological polar surface area (TPSA) is 244 Å². The molecule has 1 aliphatic carbocycles. The number of aliphatic hydroxyl groups is 9. The average molecular weight is 442 g/mol. The molecule has 7 unspecified atom stereocenters. The van der Waals surface area contributed by atoms with Crippen LogP contribution in [0.2, 0.25) is 0 Å². The van der Waals surface area contributed by atoms with E-state index in [1.807, 2.05) is 0 Å². The van der Waals surface area contributed by atoms with Crippen molar-refractivity contribution in [3.8, 4) is 0 Å². The van der Waals surface area contributed by atoms with Gasteiger partial charge >= 0.3 is 11.9 Å². The van der Waals surface area contributed by atoms with Crippen molar-refractivity contribution in [2.24, 2.45) is 0 Å². The lowest BCUT2D eigenvalue weighted by Gasteiger charge is -2.41. The molecule has 9 N–H and O–H groups in total. The maximum absolute atomic E-state index is 11.8. The second kappa shape index (κ2) is 10.2. The van der Waals surface area contributed by atoms with Gasteiger partial charge in [-0.3, -0.25) is 9.59 Å². The molecular formula is C16H26O14. The third-order valence-electron chi connectivity index (χ3n) is 4.97. The minimum Gasteiger partial charge on any atom is -0.463 e. The molecule has 1 saturated heterocycles. The van der Waals surface area contributed by atoms with Crippen molar-refractivity contribution in [1.29, 1.82) is 0 Å². The van der Waals surface area contributed by atoms with Gasteiger partial charge in [0.2, 0.25) is 0 Å². The highest BCUT2D eigenvalue weighted by Gasteiger charge is 2.50. The summed E-state index contributed by atoms with van der Waals surface area (Å²) in [4.78, 5) is 23.6. The molecule has 0 aromatic heterocycles. The second-order valence-electron chi connectivity index (χ2n) is 7.13. The first-order valence-electron chi connectivity index (χ1n) is 9.08. The molecule has 1 aliphatic heterocycles. The van der Waals surface area contributed by atoms with Crippen LogP contribution in [0, 0.1) is 0 Å². The van der Waals surface area contributed by atoms with Gasteiger partial charge in [0.05, 0.1) is 12.8 Å². The molecule has 174 valence electrons. The largest absolute Gasteiger partial charge is 0.463 e. The summed E-state index contributed by atoms with van der Waals surface area (Å²) in [5.41, 5.74) is 0. The zero-order chi connectivity index (χ0) is 22.7. The van der Waals surface area contributed by atoms with Crippen LogP contribution in [0.1, 0.15) is 12.8 Å². The summed E-state index contributed by atoms with van der Waals surface area (Å²) >= 11 is 0. The zero-order valence-electron chi connectivity index (χ0n) is 15.5. The van der Waals surface area contributed by atoms with Crippen LogP contribution in [0.3, 0.4) is 0 Å². The fourth-order valence-corrected chi connectivity index (χ4v) is 3.07. The molecule has 11 atom stereocenters. The van der Waals surface area contributed by atoms with Gasteiger partial charge in [0.15, 0.2) is 12.4 Å². The van der Waals surface area contributed by atoms with Crippen molar-refractivity contribution in [2.75, 3.05) is 6.61 Å². The van der Waals surface area contributed by atoms with Crippen LogP contribution >= 0.6 is 0 Å². The van der Waals surface area contributed by atoms with Gasteiger partial charge in [-0.15, -0.1) is 0 Å². The molecule has 1 saturated carbocycles. The first kappa shape index (κ1) is 24.8. The van der Waals surface area contributed by atoms with Crippen LogP contribution in [0.25, 0.3) is 0 Å². The van der Waals surface area contributed by atoms with E-state index >= 15 is 0 Å². The van der Waals surface area contributed by atoms with Gasteiger partial charge in [-0.1, -0.05) is 0 Å². The normalized spacial score (nSPS) is 44.4. The van der Waals surface area contributed by atoms with Crippen molar-refractivity contribution in [3.05, 3.63) is 0 Å². The van der Waals surface area contributed by atoms with Gasteiger partial charge in [0.25, 0.3) is 0 Å². The van der Waals surface area contributed by atoms with Gasteiger partial charge in [0, 0.05) is 0 Å². The van der Waals surface area contributed by atoms with Crippen molar-refractivity contribution in [3.63, 3.8) is 0 Å². The van der Waals surface area contributed by atoms with E-state index in [0.29, 0.717) is 0 Å². The summed E-state index contributed by atoms with van der Waals surface area (Å²) in [5.74, 6) is -2.05. The zero-order valence-corrected chi connectivity index (χ0v) is 15.5. The highest BCUT2D eigenvalue weighted by molar-refractivity contribution is 5.77. The molecule has 0 bridgehead atoms. The molecule has 1 heterocycles. The smallest absolute Gasteiger partial charge is 0.306 e. The molecule has 14 nitrogen and oxygen atoms in total. The number of esters is 2. The Morgan fingerprint density at radius 1 is 0.633 bits per heavy atom. The standard InChI is InChI=1S/C16H26O14/c17-5(28-3-4-7(19)8(20)14(26)16(27)29-4)1-2-6(18)30-15-12(24)10(22)9(21)11(23)13(15)25/h4,7-16,19-27H,1-3H2/t4?,7-,8?,9?,10-,11?,12?,13?,14+,15?,16-/m1/s1. The predicted molar refractivity (Wildman–Crippen MR) is 89.0 cm³/mol. The Labute approximate surface area is 169 Å². The Morgan fingerprint density at radius 3 is 1.67 bits per heavy atom. The summed E-state index contributed by atoms with van der Waals surface area (Å²) in [6.07, 6.45) is -20.5. The molecule has 2 aliphatic rings. The SMILES string of the molecule is O=C(CCC(=O)OC1C(O)C(O)C(O)[C@@H](O)C1O)OCC1O[C@@H](O)[C@@H](O)C(O)[C@@H]1O. The van der Waals surface area contributed by atoms with Gasteiger partial charge < -0.3 is 60.2 Å². The van der Waals surface area contributed by atoms with Gasteiger partial charge in [0.1, 0.15) is 61.5 Å². The van der Waals surface area contributed by atoms with E-state index in [1.54, 1.807) is 0 Å². The molecule has 0 radical (unpaired) electrons. The van der Waals surface area contributed by atoms with Crippen LogP contribution < -0.4 is 0 Å². The second-order valence-corrected chi connectivity index (χ2v) is 7.13. The lowest BCUT2D eigenvalue weighted by Crippen LogP contribution is -2.64. The third kappa shape index (κ3) is 5.42. The molecule has 14 heteroatoms. The third-order valence-corrected chi connectivity index (χ3v) is 4.97. The average Bonchev–Trinajstić information content (AvgIpc) is 2.72. The first-order valence-corrected chi connectivity index (χ1v) is 9.08. The predicted octanol–water partition coefficient (Wildman–Crippen LogP) is -6.16. The van der Waals surface area contributed by atoms with E-state index < -0.39 is 98.7 Å². The molecule has 2 fully saturated rings. The fourth-order valence-electron chi connectivity index (χ4n) is 3.07. The highest BCUT2D eigenvalue weighted by atomic mass is 16.7. The summed E-state index contributed by atoms with van der Waals surface area (Å²) < 4.78 is 14.4. The first-order chi connectivity index (χ1) is 14.0. The number of hydrogen-bond acceptors (Lipinski definition) is 14. The van der Waals surface area contributed by atoms with Crippen molar-refractivity contribution in [2.45, 2.75) is 80.2 Å². The number of hydrogen-bond donors (Lipinski definition) is 9. The maximum atomic E-state index is 11.8. The van der Waals surface area contributed by atoms with E-state index in [-0.39, 0.29) is 0 Å². The fraction of sp³-hybridized carbons (Fsp3) is 0.875. The summed E-state index contributed by atoms with van der Waals surface area (Å²) in [6, 6.07) is 0. The number of aliphatic hydroxyl groups excluding tert-OH is 9. The number of carbonyl (C=O) groups is 2. The number of carbonyl (C=O) groups excluding carboxylic acids is 2. The number of ether oxygens (including phenoxy) is 3. The summed E-state index contributed by atoms with van der Waals surface area (Å²) in [5, 5.41) is 86.2. The minimum atomic E-state index is -1.88. The van der Waals surface area contributed by atoms with Crippen LogP contribution in [0.15, 0.2) is 0 Å². The van der Waals surface area contributed by atoms with Crippen LogP contribution in [-0.2, 0) is 23.8 Å². The maximum Gasteiger partial charge on any atom is 0.306 e. The van der Waals surface area contributed by atoms with Crippen LogP contribution in [0.5, 0.6) is 0 Å². The Morgan fingerprint density at radius 2 is 1.10 bits per heavy atom. The Balaban J connectivity index is 1.77. The molecule has 0 amide bonds. The minimum absolute atomic E-state index is 0.540. The molecule has 0 aromatic carbocycles. The summed E-state index contributed by atoms with van der Waals surface area (Å²) in [6.45, 7) is -0.605. The van der Waals surface area contributed by atoms with E-state index in [0.717, 1.165) is 0 Å². The lowest BCUT2D eigenvalue weighted by atomic mass is 9.85. The molecular weight excluding hydrogens is 416 g/mol. The van der Waals surface area contributed by atoms with Crippen LogP contribution in [0.4, 0.5) is 0 Å². The number of rotatable bonds is 6. The van der Waals surface area contributed by atoms with Gasteiger partial charge in [-0.25, -0.2) is 0 Å².